The SMILES string of the molecule is O=C(Nc1ccccn1)c1ccccc1Cl. The van der Waals surface area contributed by atoms with Crippen molar-refractivity contribution >= 4 is 23.3 Å². The molecule has 2 aromatic rings. The molecule has 0 aliphatic rings. The molecule has 0 unspecified atom stereocenters. The number of carbonyl (C=O) groups excluding carboxylic acids is 1. The molecule has 3 nitrogen and oxygen atoms in total. The maximum atomic E-state index is 11.8. The summed E-state index contributed by atoms with van der Waals surface area (Å²) in [6, 6.07) is 12.2. The van der Waals surface area contributed by atoms with Gasteiger partial charge in [0.05, 0.1) is 10.6 Å². The molecular formula is C12H9ClN2O. The van der Waals surface area contributed by atoms with Gasteiger partial charge in [0.1, 0.15) is 5.82 Å². The molecule has 2 rings (SSSR count). The Morgan fingerprint density at radius 3 is 2.56 bits per heavy atom. The van der Waals surface area contributed by atoms with Gasteiger partial charge in [-0.3, -0.25) is 4.79 Å². The Balaban J connectivity index is 2.19. The molecule has 1 heterocycles. The average molecular weight is 233 g/mol. The Kier molecular flexibility index (Phi) is 3.17. The van der Waals surface area contributed by atoms with E-state index in [0.29, 0.717) is 16.4 Å². The zero-order chi connectivity index (χ0) is 11.4. The van der Waals surface area contributed by atoms with E-state index in [0.717, 1.165) is 0 Å². The van der Waals surface area contributed by atoms with E-state index in [1.54, 1.807) is 48.7 Å². The van der Waals surface area contributed by atoms with E-state index in [9.17, 15) is 4.79 Å². The normalized spacial score (nSPS) is 9.81. The van der Waals surface area contributed by atoms with E-state index in [2.05, 4.69) is 10.3 Å². The highest BCUT2D eigenvalue weighted by molar-refractivity contribution is 6.34. The third-order valence-electron chi connectivity index (χ3n) is 2.02. The third-order valence-corrected chi connectivity index (χ3v) is 2.35. The molecule has 16 heavy (non-hydrogen) atoms. The first-order valence-electron chi connectivity index (χ1n) is 4.74. The highest BCUT2D eigenvalue weighted by Gasteiger charge is 2.09. The van der Waals surface area contributed by atoms with Crippen LogP contribution in [0.2, 0.25) is 5.02 Å². The van der Waals surface area contributed by atoms with Crippen LogP contribution in [-0.4, -0.2) is 10.9 Å². The molecule has 0 aliphatic carbocycles. The van der Waals surface area contributed by atoms with E-state index >= 15 is 0 Å². The topological polar surface area (TPSA) is 42.0 Å². The van der Waals surface area contributed by atoms with Gasteiger partial charge in [-0.1, -0.05) is 29.8 Å². The fraction of sp³-hybridized carbons (Fsp3) is 0. The van der Waals surface area contributed by atoms with Crippen LogP contribution in [0.3, 0.4) is 0 Å². The van der Waals surface area contributed by atoms with Gasteiger partial charge in [0.2, 0.25) is 0 Å². The van der Waals surface area contributed by atoms with E-state index < -0.39 is 0 Å². The Bertz CT molecular complexity index is 499. The Morgan fingerprint density at radius 2 is 1.88 bits per heavy atom. The molecule has 0 spiro atoms. The van der Waals surface area contributed by atoms with E-state index in [4.69, 9.17) is 11.6 Å². The number of aromatic nitrogens is 1. The van der Waals surface area contributed by atoms with Gasteiger partial charge in [-0.25, -0.2) is 4.98 Å². The summed E-state index contributed by atoms with van der Waals surface area (Å²) in [6.07, 6.45) is 1.61. The van der Waals surface area contributed by atoms with Crippen molar-refractivity contribution < 1.29 is 4.79 Å². The molecule has 80 valence electrons. The van der Waals surface area contributed by atoms with Crippen LogP contribution >= 0.6 is 11.6 Å². The van der Waals surface area contributed by atoms with Crippen molar-refractivity contribution in [2.45, 2.75) is 0 Å². The molecule has 0 saturated heterocycles. The predicted octanol–water partition coefficient (Wildman–Crippen LogP) is 2.99. The minimum atomic E-state index is -0.260. The third kappa shape index (κ3) is 2.38. The number of anilines is 1. The quantitative estimate of drug-likeness (QED) is 0.865. The predicted molar refractivity (Wildman–Crippen MR) is 63.6 cm³/mol. The van der Waals surface area contributed by atoms with Crippen LogP contribution in [0.25, 0.3) is 0 Å². The van der Waals surface area contributed by atoms with Crippen molar-refractivity contribution in [3.8, 4) is 0 Å². The smallest absolute Gasteiger partial charge is 0.258 e. The number of nitrogens with zero attached hydrogens (tertiary/aromatic N) is 1. The molecule has 0 radical (unpaired) electrons. The van der Waals surface area contributed by atoms with E-state index in [1.807, 2.05) is 0 Å². The van der Waals surface area contributed by atoms with Crippen molar-refractivity contribution in [3.63, 3.8) is 0 Å². The molecule has 0 saturated carbocycles. The summed E-state index contributed by atoms with van der Waals surface area (Å²) in [4.78, 5) is 15.8. The lowest BCUT2D eigenvalue weighted by molar-refractivity contribution is 0.102. The minimum absolute atomic E-state index is 0.260. The lowest BCUT2D eigenvalue weighted by Crippen LogP contribution is -2.13. The van der Waals surface area contributed by atoms with Crippen LogP contribution in [0.4, 0.5) is 5.82 Å². The monoisotopic (exact) mass is 232 g/mol. The van der Waals surface area contributed by atoms with Gasteiger partial charge in [-0.2, -0.15) is 0 Å². The van der Waals surface area contributed by atoms with Crippen LogP contribution < -0.4 is 5.32 Å². The van der Waals surface area contributed by atoms with Crippen LogP contribution in [0.5, 0.6) is 0 Å². The number of hydrogen-bond acceptors (Lipinski definition) is 2. The lowest BCUT2D eigenvalue weighted by atomic mass is 10.2. The second kappa shape index (κ2) is 4.77. The summed E-state index contributed by atoms with van der Waals surface area (Å²) in [6.45, 7) is 0. The second-order valence-corrected chi connectivity index (χ2v) is 3.56. The number of carbonyl (C=O) groups is 1. The van der Waals surface area contributed by atoms with Gasteiger partial charge in [0.15, 0.2) is 0 Å². The first-order valence-corrected chi connectivity index (χ1v) is 5.12. The Hall–Kier alpha value is -1.87. The molecule has 1 amide bonds. The second-order valence-electron chi connectivity index (χ2n) is 3.15. The zero-order valence-corrected chi connectivity index (χ0v) is 9.11. The van der Waals surface area contributed by atoms with Crippen LogP contribution in [0.1, 0.15) is 10.4 Å². The fourth-order valence-corrected chi connectivity index (χ4v) is 1.49. The molecule has 1 aromatic heterocycles. The fourth-order valence-electron chi connectivity index (χ4n) is 1.27. The lowest BCUT2D eigenvalue weighted by Gasteiger charge is -2.05. The molecule has 0 bridgehead atoms. The standard InChI is InChI=1S/C12H9ClN2O/c13-10-6-2-1-5-9(10)12(16)15-11-7-3-4-8-14-11/h1-8H,(H,14,15,16). The van der Waals surface area contributed by atoms with E-state index in [1.165, 1.54) is 0 Å². The molecule has 0 fully saturated rings. The Labute approximate surface area is 98.1 Å². The number of nitrogens with one attached hydrogen (secondary N) is 1. The van der Waals surface area contributed by atoms with Crippen molar-refractivity contribution in [1.29, 1.82) is 0 Å². The van der Waals surface area contributed by atoms with Crippen molar-refractivity contribution in [1.82, 2.24) is 4.98 Å². The molecular weight excluding hydrogens is 224 g/mol. The molecule has 0 aliphatic heterocycles. The van der Waals surface area contributed by atoms with Gasteiger partial charge in [0, 0.05) is 6.20 Å². The van der Waals surface area contributed by atoms with Gasteiger partial charge in [-0.05, 0) is 24.3 Å². The van der Waals surface area contributed by atoms with Crippen molar-refractivity contribution in [2.75, 3.05) is 5.32 Å². The molecule has 1 aromatic carbocycles. The maximum absolute atomic E-state index is 11.8. The van der Waals surface area contributed by atoms with Crippen molar-refractivity contribution in [3.05, 3.63) is 59.2 Å². The average Bonchev–Trinajstić information content (AvgIpc) is 2.31. The summed E-state index contributed by atoms with van der Waals surface area (Å²) >= 11 is 5.90. The maximum Gasteiger partial charge on any atom is 0.258 e. The Morgan fingerprint density at radius 1 is 1.12 bits per heavy atom. The first-order chi connectivity index (χ1) is 7.77. The highest BCUT2D eigenvalue weighted by Crippen LogP contribution is 2.16. The zero-order valence-electron chi connectivity index (χ0n) is 8.35. The summed E-state index contributed by atoms with van der Waals surface area (Å²) in [5.74, 6) is 0.247. The van der Waals surface area contributed by atoms with Gasteiger partial charge < -0.3 is 5.32 Å². The van der Waals surface area contributed by atoms with Gasteiger partial charge in [-0.15, -0.1) is 0 Å². The largest absolute Gasteiger partial charge is 0.307 e. The number of hydrogen-bond donors (Lipinski definition) is 1. The summed E-state index contributed by atoms with van der Waals surface area (Å²) in [5, 5.41) is 3.09. The van der Waals surface area contributed by atoms with Crippen molar-refractivity contribution in [2.24, 2.45) is 0 Å². The molecule has 4 heteroatoms. The van der Waals surface area contributed by atoms with Crippen LogP contribution in [0.15, 0.2) is 48.7 Å². The summed E-state index contributed by atoms with van der Waals surface area (Å²) < 4.78 is 0. The highest BCUT2D eigenvalue weighted by atomic mass is 35.5. The van der Waals surface area contributed by atoms with Gasteiger partial charge in [0.25, 0.3) is 5.91 Å². The summed E-state index contributed by atoms with van der Waals surface area (Å²) in [7, 11) is 0. The number of halogens is 1. The van der Waals surface area contributed by atoms with E-state index in [-0.39, 0.29) is 5.91 Å². The molecule has 0 atom stereocenters. The van der Waals surface area contributed by atoms with Crippen LogP contribution in [0, 0.1) is 0 Å². The number of pyridine rings is 1. The molecule has 1 N–H and O–H groups in total. The minimum Gasteiger partial charge on any atom is -0.307 e. The summed E-state index contributed by atoms with van der Waals surface area (Å²) in [5.41, 5.74) is 0.440. The number of rotatable bonds is 2. The number of benzene rings is 1. The number of amides is 1. The first kappa shape index (κ1) is 10.6. The van der Waals surface area contributed by atoms with Gasteiger partial charge >= 0.3 is 0 Å². The van der Waals surface area contributed by atoms with Crippen LogP contribution in [-0.2, 0) is 0 Å².